The molecule has 0 saturated heterocycles. The molecule has 0 radical (unpaired) electrons. The highest BCUT2D eigenvalue weighted by Gasteiger charge is 2.02. The molecule has 0 aliphatic heterocycles. The van der Waals surface area contributed by atoms with E-state index in [1.165, 1.54) is 11.1 Å². The fourth-order valence-corrected chi connectivity index (χ4v) is 1.60. The van der Waals surface area contributed by atoms with Gasteiger partial charge in [-0.1, -0.05) is 17.7 Å². The molecule has 0 aliphatic rings. The molecule has 0 spiro atoms. The SMILES string of the molecule is CNC(=S)NCCc1cc(C)ccc1OC. The average Bonchev–Trinajstić information content (AvgIpc) is 2.29. The zero-order valence-electron chi connectivity index (χ0n) is 9.96. The lowest BCUT2D eigenvalue weighted by atomic mass is 10.1. The van der Waals surface area contributed by atoms with Crippen LogP contribution in [0.15, 0.2) is 18.2 Å². The largest absolute Gasteiger partial charge is 0.496 e. The van der Waals surface area contributed by atoms with Crippen molar-refractivity contribution in [3.05, 3.63) is 29.3 Å². The molecule has 1 aromatic rings. The summed E-state index contributed by atoms with van der Waals surface area (Å²) in [6.45, 7) is 2.88. The first-order valence-electron chi connectivity index (χ1n) is 5.26. The zero-order valence-corrected chi connectivity index (χ0v) is 10.8. The minimum absolute atomic E-state index is 0.673. The van der Waals surface area contributed by atoms with Crippen LogP contribution in [0.5, 0.6) is 5.75 Å². The topological polar surface area (TPSA) is 33.3 Å². The van der Waals surface area contributed by atoms with Crippen molar-refractivity contribution in [3.8, 4) is 5.75 Å². The summed E-state index contributed by atoms with van der Waals surface area (Å²) in [6, 6.07) is 6.19. The highest BCUT2D eigenvalue weighted by molar-refractivity contribution is 7.80. The predicted molar refractivity (Wildman–Crippen MR) is 71.1 cm³/mol. The fraction of sp³-hybridized carbons (Fsp3) is 0.417. The third-order valence-corrected chi connectivity index (χ3v) is 2.69. The molecule has 4 heteroatoms. The van der Waals surface area contributed by atoms with Gasteiger partial charge in [0.25, 0.3) is 0 Å². The van der Waals surface area contributed by atoms with Gasteiger partial charge in [0.2, 0.25) is 0 Å². The first-order valence-corrected chi connectivity index (χ1v) is 5.67. The Morgan fingerprint density at radius 3 is 2.81 bits per heavy atom. The molecule has 16 heavy (non-hydrogen) atoms. The van der Waals surface area contributed by atoms with E-state index in [4.69, 9.17) is 17.0 Å². The Hall–Kier alpha value is -1.29. The molecule has 0 fully saturated rings. The highest BCUT2D eigenvalue weighted by atomic mass is 32.1. The Bertz CT molecular complexity index is 366. The van der Waals surface area contributed by atoms with Gasteiger partial charge in [0.15, 0.2) is 5.11 Å². The predicted octanol–water partition coefficient (Wildman–Crippen LogP) is 1.64. The van der Waals surface area contributed by atoms with Crippen LogP contribution in [0.2, 0.25) is 0 Å². The van der Waals surface area contributed by atoms with E-state index in [1.54, 1.807) is 7.11 Å². The van der Waals surface area contributed by atoms with E-state index in [-0.39, 0.29) is 0 Å². The van der Waals surface area contributed by atoms with Gasteiger partial charge >= 0.3 is 0 Å². The normalized spacial score (nSPS) is 9.69. The molecular weight excluding hydrogens is 220 g/mol. The summed E-state index contributed by atoms with van der Waals surface area (Å²) in [7, 11) is 3.50. The number of benzene rings is 1. The lowest BCUT2D eigenvalue weighted by molar-refractivity contribution is 0.409. The van der Waals surface area contributed by atoms with Gasteiger partial charge in [0, 0.05) is 13.6 Å². The zero-order chi connectivity index (χ0) is 12.0. The van der Waals surface area contributed by atoms with Crippen LogP contribution in [0.4, 0.5) is 0 Å². The van der Waals surface area contributed by atoms with Gasteiger partial charge in [-0.05, 0) is 37.2 Å². The molecule has 2 N–H and O–H groups in total. The summed E-state index contributed by atoms with van der Waals surface area (Å²) in [5.41, 5.74) is 2.45. The molecule has 0 aromatic heterocycles. The van der Waals surface area contributed by atoms with Gasteiger partial charge < -0.3 is 15.4 Å². The first-order chi connectivity index (χ1) is 7.67. The van der Waals surface area contributed by atoms with E-state index < -0.39 is 0 Å². The summed E-state index contributed by atoms with van der Waals surface area (Å²) in [4.78, 5) is 0. The molecule has 0 aliphatic carbocycles. The van der Waals surface area contributed by atoms with Crippen molar-refractivity contribution in [2.45, 2.75) is 13.3 Å². The molecule has 0 bridgehead atoms. The molecule has 3 nitrogen and oxygen atoms in total. The van der Waals surface area contributed by atoms with Crippen LogP contribution in [0.1, 0.15) is 11.1 Å². The van der Waals surface area contributed by atoms with Gasteiger partial charge in [-0.25, -0.2) is 0 Å². The van der Waals surface area contributed by atoms with Crippen molar-refractivity contribution in [2.75, 3.05) is 20.7 Å². The van der Waals surface area contributed by atoms with Crippen molar-refractivity contribution in [3.63, 3.8) is 0 Å². The number of hydrogen-bond acceptors (Lipinski definition) is 2. The highest BCUT2D eigenvalue weighted by Crippen LogP contribution is 2.19. The second-order valence-electron chi connectivity index (χ2n) is 3.57. The van der Waals surface area contributed by atoms with E-state index >= 15 is 0 Å². The number of methoxy groups -OCH3 is 1. The van der Waals surface area contributed by atoms with E-state index in [1.807, 2.05) is 19.2 Å². The van der Waals surface area contributed by atoms with Crippen LogP contribution in [0, 0.1) is 6.92 Å². The van der Waals surface area contributed by atoms with E-state index in [0.717, 1.165) is 18.7 Å². The maximum atomic E-state index is 5.31. The Morgan fingerprint density at radius 2 is 2.19 bits per heavy atom. The molecule has 1 rings (SSSR count). The van der Waals surface area contributed by atoms with Gasteiger partial charge in [-0.2, -0.15) is 0 Å². The van der Waals surface area contributed by atoms with Crippen LogP contribution < -0.4 is 15.4 Å². The number of aryl methyl sites for hydroxylation is 1. The van der Waals surface area contributed by atoms with E-state index in [2.05, 4.69) is 23.6 Å². The van der Waals surface area contributed by atoms with Crippen molar-refractivity contribution >= 4 is 17.3 Å². The summed E-state index contributed by atoms with van der Waals surface area (Å²) >= 11 is 5.00. The molecule has 88 valence electrons. The molecule has 0 amide bonds. The first kappa shape index (κ1) is 12.8. The van der Waals surface area contributed by atoms with Gasteiger partial charge in [-0.15, -0.1) is 0 Å². The minimum atomic E-state index is 0.673. The Balaban J connectivity index is 2.58. The third-order valence-electron chi connectivity index (χ3n) is 2.34. The third kappa shape index (κ3) is 3.70. The number of hydrogen-bond donors (Lipinski definition) is 2. The van der Waals surface area contributed by atoms with Crippen LogP contribution in [0.3, 0.4) is 0 Å². The molecule has 0 heterocycles. The number of ether oxygens (including phenoxy) is 1. The second kappa shape index (κ2) is 6.33. The van der Waals surface area contributed by atoms with Gasteiger partial charge in [0.05, 0.1) is 7.11 Å². The number of rotatable bonds is 4. The monoisotopic (exact) mass is 238 g/mol. The van der Waals surface area contributed by atoms with E-state index in [9.17, 15) is 0 Å². The quantitative estimate of drug-likeness (QED) is 0.781. The molecule has 0 atom stereocenters. The molecular formula is C12H18N2OS. The van der Waals surface area contributed by atoms with E-state index in [0.29, 0.717) is 5.11 Å². The van der Waals surface area contributed by atoms with Gasteiger partial charge in [0.1, 0.15) is 5.75 Å². The Labute approximate surface area is 102 Å². The maximum Gasteiger partial charge on any atom is 0.166 e. The molecule has 1 aromatic carbocycles. The lowest BCUT2D eigenvalue weighted by Crippen LogP contribution is -2.33. The van der Waals surface area contributed by atoms with Crippen molar-refractivity contribution < 1.29 is 4.74 Å². The molecule has 0 saturated carbocycles. The second-order valence-corrected chi connectivity index (χ2v) is 3.98. The van der Waals surface area contributed by atoms with Gasteiger partial charge in [-0.3, -0.25) is 0 Å². The van der Waals surface area contributed by atoms with Crippen LogP contribution in [-0.2, 0) is 6.42 Å². The maximum absolute atomic E-state index is 5.31. The summed E-state index contributed by atoms with van der Waals surface area (Å²) < 4.78 is 5.31. The summed E-state index contributed by atoms with van der Waals surface area (Å²) in [6.07, 6.45) is 0.896. The lowest BCUT2D eigenvalue weighted by Gasteiger charge is -2.11. The smallest absolute Gasteiger partial charge is 0.166 e. The average molecular weight is 238 g/mol. The standard InChI is InChI=1S/C12H18N2OS/c1-9-4-5-11(15-3)10(8-9)6-7-14-12(16)13-2/h4-5,8H,6-7H2,1-3H3,(H2,13,14,16). The summed E-state index contributed by atoms with van der Waals surface area (Å²) in [5.74, 6) is 0.933. The summed E-state index contributed by atoms with van der Waals surface area (Å²) in [5, 5.41) is 6.67. The Morgan fingerprint density at radius 1 is 1.44 bits per heavy atom. The fourth-order valence-electron chi connectivity index (χ4n) is 1.50. The number of nitrogens with one attached hydrogen (secondary N) is 2. The van der Waals surface area contributed by atoms with Crippen molar-refractivity contribution in [2.24, 2.45) is 0 Å². The van der Waals surface area contributed by atoms with Crippen LogP contribution in [0.25, 0.3) is 0 Å². The Kier molecular flexibility index (Phi) is 5.05. The van der Waals surface area contributed by atoms with Crippen LogP contribution in [-0.4, -0.2) is 25.8 Å². The number of thiocarbonyl (C=S) groups is 1. The van der Waals surface area contributed by atoms with Crippen molar-refractivity contribution in [1.82, 2.24) is 10.6 Å². The van der Waals surface area contributed by atoms with Crippen LogP contribution >= 0.6 is 12.2 Å². The van der Waals surface area contributed by atoms with Crippen molar-refractivity contribution in [1.29, 1.82) is 0 Å². The minimum Gasteiger partial charge on any atom is -0.496 e. The molecule has 0 unspecified atom stereocenters.